The Hall–Kier alpha value is -1.88. The lowest BCUT2D eigenvalue weighted by atomic mass is 9.87. The number of hydrogen-bond acceptors (Lipinski definition) is 4. The standard InChI is InChI=1S/C16H21NO4/c1-20-16(19)12-7-9-14(10-8-12)21-11-15(18)17-13-5-3-2-4-6-13/h2-6,12,14H,7-11H2,1H3,(H,17,18). The fraction of sp³-hybridized carbons (Fsp3) is 0.500. The predicted octanol–water partition coefficient (Wildman–Crippen LogP) is 2.37. The molecular formula is C16H21NO4. The molecule has 1 aromatic rings. The van der Waals surface area contributed by atoms with E-state index in [1.54, 1.807) is 0 Å². The van der Waals surface area contributed by atoms with Crippen LogP contribution in [-0.2, 0) is 19.1 Å². The Morgan fingerprint density at radius 3 is 2.43 bits per heavy atom. The number of methoxy groups -OCH3 is 1. The quantitative estimate of drug-likeness (QED) is 0.846. The third-order valence-electron chi connectivity index (χ3n) is 3.72. The highest BCUT2D eigenvalue weighted by Gasteiger charge is 2.27. The van der Waals surface area contributed by atoms with E-state index in [-0.39, 0.29) is 30.5 Å². The Balaban J connectivity index is 1.68. The zero-order chi connectivity index (χ0) is 15.1. The van der Waals surface area contributed by atoms with Crippen LogP contribution in [0.15, 0.2) is 30.3 Å². The summed E-state index contributed by atoms with van der Waals surface area (Å²) in [7, 11) is 1.42. The topological polar surface area (TPSA) is 64.6 Å². The van der Waals surface area contributed by atoms with E-state index in [0.29, 0.717) is 0 Å². The molecule has 0 saturated heterocycles. The minimum atomic E-state index is -0.156. The van der Waals surface area contributed by atoms with Crippen LogP contribution in [0.5, 0.6) is 0 Å². The SMILES string of the molecule is COC(=O)C1CCC(OCC(=O)Nc2ccccc2)CC1. The van der Waals surface area contributed by atoms with E-state index in [2.05, 4.69) is 5.32 Å². The third-order valence-corrected chi connectivity index (χ3v) is 3.72. The zero-order valence-electron chi connectivity index (χ0n) is 12.2. The van der Waals surface area contributed by atoms with Crippen molar-refractivity contribution >= 4 is 17.6 Å². The van der Waals surface area contributed by atoms with Crippen molar-refractivity contribution in [3.8, 4) is 0 Å². The summed E-state index contributed by atoms with van der Waals surface area (Å²) in [6, 6.07) is 9.29. The van der Waals surface area contributed by atoms with Crippen LogP contribution in [0.1, 0.15) is 25.7 Å². The van der Waals surface area contributed by atoms with Crippen LogP contribution < -0.4 is 5.32 Å². The minimum Gasteiger partial charge on any atom is -0.469 e. The number of para-hydroxylation sites is 1. The van der Waals surface area contributed by atoms with Gasteiger partial charge in [-0.3, -0.25) is 9.59 Å². The van der Waals surface area contributed by atoms with Gasteiger partial charge in [0, 0.05) is 5.69 Å². The smallest absolute Gasteiger partial charge is 0.308 e. The molecule has 0 radical (unpaired) electrons. The number of nitrogens with one attached hydrogen (secondary N) is 1. The molecule has 1 amide bonds. The highest BCUT2D eigenvalue weighted by atomic mass is 16.5. The number of carbonyl (C=O) groups excluding carboxylic acids is 2. The lowest BCUT2D eigenvalue weighted by Gasteiger charge is -2.26. The van der Waals surface area contributed by atoms with Gasteiger partial charge < -0.3 is 14.8 Å². The van der Waals surface area contributed by atoms with Crippen molar-refractivity contribution in [2.75, 3.05) is 19.0 Å². The second-order valence-corrected chi connectivity index (χ2v) is 5.22. The Morgan fingerprint density at radius 2 is 1.81 bits per heavy atom. The maximum Gasteiger partial charge on any atom is 0.308 e. The number of benzene rings is 1. The molecule has 0 aromatic heterocycles. The summed E-state index contributed by atoms with van der Waals surface area (Å²) in [5.74, 6) is -0.320. The Kier molecular flexibility index (Phi) is 5.75. The first kappa shape index (κ1) is 15.5. The molecule has 21 heavy (non-hydrogen) atoms. The molecule has 1 aliphatic carbocycles. The summed E-state index contributed by atoms with van der Waals surface area (Å²) < 4.78 is 10.4. The summed E-state index contributed by atoms with van der Waals surface area (Å²) in [4.78, 5) is 23.2. The molecule has 1 aromatic carbocycles. The number of ether oxygens (including phenoxy) is 2. The molecule has 0 unspecified atom stereocenters. The zero-order valence-corrected chi connectivity index (χ0v) is 12.2. The van der Waals surface area contributed by atoms with Gasteiger partial charge in [-0.2, -0.15) is 0 Å². The van der Waals surface area contributed by atoms with Gasteiger partial charge in [0.1, 0.15) is 6.61 Å². The maximum atomic E-state index is 11.8. The number of hydrogen-bond donors (Lipinski definition) is 1. The summed E-state index contributed by atoms with van der Waals surface area (Å²) in [5, 5.41) is 2.78. The molecule has 0 aliphatic heterocycles. The third kappa shape index (κ3) is 4.86. The molecule has 1 N–H and O–H groups in total. The molecule has 0 bridgehead atoms. The first-order valence-corrected chi connectivity index (χ1v) is 7.23. The van der Waals surface area contributed by atoms with Crippen molar-refractivity contribution in [2.45, 2.75) is 31.8 Å². The monoisotopic (exact) mass is 291 g/mol. The summed E-state index contributed by atoms with van der Waals surface area (Å²) >= 11 is 0. The molecule has 1 aliphatic rings. The average Bonchev–Trinajstić information content (AvgIpc) is 2.53. The minimum absolute atomic E-state index is 0.0204. The molecule has 0 atom stereocenters. The van der Waals surface area contributed by atoms with Gasteiger partial charge in [0.05, 0.1) is 19.1 Å². The summed E-state index contributed by atoms with van der Waals surface area (Å²) in [6.07, 6.45) is 3.15. The second kappa shape index (κ2) is 7.78. The number of anilines is 1. The van der Waals surface area contributed by atoms with Crippen molar-refractivity contribution in [3.05, 3.63) is 30.3 Å². The number of amides is 1. The van der Waals surface area contributed by atoms with Crippen molar-refractivity contribution in [3.63, 3.8) is 0 Å². The fourth-order valence-electron chi connectivity index (χ4n) is 2.54. The highest BCUT2D eigenvalue weighted by Crippen LogP contribution is 2.27. The molecule has 0 heterocycles. The number of carbonyl (C=O) groups is 2. The Labute approximate surface area is 124 Å². The van der Waals surface area contributed by atoms with Crippen molar-refractivity contribution < 1.29 is 19.1 Å². The van der Waals surface area contributed by atoms with Gasteiger partial charge in [0.2, 0.25) is 5.91 Å². The van der Waals surface area contributed by atoms with E-state index in [0.717, 1.165) is 31.4 Å². The van der Waals surface area contributed by atoms with Crippen molar-refractivity contribution in [2.24, 2.45) is 5.92 Å². The van der Waals surface area contributed by atoms with Gasteiger partial charge in [0.15, 0.2) is 0 Å². The van der Waals surface area contributed by atoms with Crippen LogP contribution in [-0.4, -0.2) is 31.7 Å². The molecule has 114 valence electrons. The largest absolute Gasteiger partial charge is 0.469 e. The Bertz CT molecular complexity index is 466. The van der Waals surface area contributed by atoms with E-state index in [1.807, 2.05) is 30.3 Å². The maximum absolute atomic E-state index is 11.8. The summed E-state index contributed by atoms with van der Waals surface area (Å²) in [5.41, 5.74) is 0.764. The van der Waals surface area contributed by atoms with Crippen molar-refractivity contribution in [1.29, 1.82) is 0 Å². The average molecular weight is 291 g/mol. The van der Waals surface area contributed by atoms with E-state index in [4.69, 9.17) is 9.47 Å². The van der Waals surface area contributed by atoms with Crippen LogP contribution >= 0.6 is 0 Å². The van der Waals surface area contributed by atoms with Crippen LogP contribution in [0.2, 0.25) is 0 Å². The van der Waals surface area contributed by atoms with Gasteiger partial charge in [-0.25, -0.2) is 0 Å². The molecule has 2 rings (SSSR count). The van der Waals surface area contributed by atoms with Crippen LogP contribution in [0.4, 0.5) is 5.69 Å². The molecule has 0 spiro atoms. The van der Waals surface area contributed by atoms with E-state index in [9.17, 15) is 9.59 Å². The number of rotatable bonds is 5. The molecule has 1 fully saturated rings. The van der Waals surface area contributed by atoms with E-state index >= 15 is 0 Å². The van der Waals surface area contributed by atoms with Gasteiger partial charge >= 0.3 is 5.97 Å². The lowest BCUT2D eigenvalue weighted by Crippen LogP contribution is -2.29. The lowest BCUT2D eigenvalue weighted by molar-refractivity contribution is -0.148. The van der Waals surface area contributed by atoms with Crippen LogP contribution in [0.3, 0.4) is 0 Å². The van der Waals surface area contributed by atoms with Crippen LogP contribution in [0, 0.1) is 5.92 Å². The van der Waals surface area contributed by atoms with Gasteiger partial charge in [-0.05, 0) is 37.8 Å². The fourth-order valence-corrected chi connectivity index (χ4v) is 2.54. The van der Waals surface area contributed by atoms with Gasteiger partial charge in [0.25, 0.3) is 0 Å². The highest BCUT2D eigenvalue weighted by molar-refractivity contribution is 5.91. The predicted molar refractivity (Wildman–Crippen MR) is 78.8 cm³/mol. The summed E-state index contributed by atoms with van der Waals surface area (Å²) in [6.45, 7) is 0.0441. The van der Waals surface area contributed by atoms with Crippen LogP contribution in [0.25, 0.3) is 0 Å². The van der Waals surface area contributed by atoms with E-state index in [1.165, 1.54) is 7.11 Å². The van der Waals surface area contributed by atoms with Crippen molar-refractivity contribution in [1.82, 2.24) is 0 Å². The molecular weight excluding hydrogens is 270 g/mol. The first-order chi connectivity index (χ1) is 10.2. The van der Waals surface area contributed by atoms with Gasteiger partial charge in [-0.15, -0.1) is 0 Å². The van der Waals surface area contributed by atoms with Gasteiger partial charge in [-0.1, -0.05) is 18.2 Å². The van der Waals surface area contributed by atoms with E-state index < -0.39 is 0 Å². The second-order valence-electron chi connectivity index (χ2n) is 5.22. The first-order valence-electron chi connectivity index (χ1n) is 7.23. The normalized spacial score (nSPS) is 21.6. The Morgan fingerprint density at radius 1 is 1.14 bits per heavy atom. The molecule has 1 saturated carbocycles. The molecule has 5 nitrogen and oxygen atoms in total. The molecule has 5 heteroatoms. The number of esters is 1.